The Hall–Kier alpha value is -5.87. The van der Waals surface area contributed by atoms with Gasteiger partial charge in [0, 0.05) is 55.8 Å². The van der Waals surface area contributed by atoms with Gasteiger partial charge in [0.25, 0.3) is 0 Å². The van der Waals surface area contributed by atoms with E-state index >= 15 is 0 Å². The fourth-order valence-corrected chi connectivity index (χ4v) is 6.97. The van der Waals surface area contributed by atoms with Crippen LogP contribution in [0.1, 0.15) is 5.56 Å². The van der Waals surface area contributed by atoms with Gasteiger partial charge in [0.15, 0.2) is 5.43 Å². The highest BCUT2D eigenvalue weighted by Crippen LogP contribution is 2.37. The molecule has 3 heterocycles. The highest BCUT2D eigenvalue weighted by Gasteiger charge is 2.17. The smallest absolute Gasteiger partial charge is 0.192 e. The largest absolute Gasteiger partial charge is 0.316 e. The zero-order chi connectivity index (χ0) is 29.4. The maximum absolute atomic E-state index is 13.2. The van der Waals surface area contributed by atoms with Crippen LogP contribution in [0.2, 0.25) is 0 Å². The lowest BCUT2D eigenvalue weighted by Gasteiger charge is -2.15. The number of benzene rings is 6. The van der Waals surface area contributed by atoms with E-state index in [-0.39, 0.29) is 5.43 Å². The standard InChI is InChI=1S/C40H27N3O/c1-26-25-41(27-11-3-2-4-12-27)39-24-29(19-21-33(39)40(26)44)43-37-18-10-7-15-32(37)34-23-28(20-22-38(34)43)42-35-16-8-5-13-30(35)31-14-6-9-17-36(31)42/h2-25H,1H3. The molecule has 0 aliphatic rings. The molecule has 0 unspecified atom stereocenters. The number of para-hydroxylation sites is 4. The first-order valence-corrected chi connectivity index (χ1v) is 14.9. The Morgan fingerprint density at radius 2 is 0.909 bits per heavy atom. The van der Waals surface area contributed by atoms with Crippen molar-refractivity contribution in [2.24, 2.45) is 0 Å². The molecule has 0 radical (unpaired) electrons. The summed E-state index contributed by atoms with van der Waals surface area (Å²) in [6, 6.07) is 49.0. The molecule has 0 bridgehead atoms. The first-order valence-electron chi connectivity index (χ1n) is 14.9. The summed E-state index contributed by atoms with van der Waals surface area (Å²) >= 11 is 0. The molecule has 4 nitrogen and oxygen atoms in total. The molecule has 0 N–H and O–H groups in total. The van der Waals surface area contributed by atoms with Gasteiger partial charge in [-0.05, 0) is 73.7 Å². The van der Waals surface area contributed by atoms with Crippen LogP contribution in [0.15, 0.2) is 151 Å². The van der Waals surface area contributed by atoms with Crippen molar-refractivity contribution in [2.75, 3.05) is 0 Å². The Kier molecular flexibility index (Phi) is 5.23. The Morgan fingerprint density at radius 1 is 0.409 bits per heavy atom. The van der Waals surface area contributed by atoms with Gasteiger partial charge < -0.3 is 13.7 Å². The summed E-state index contributed by atoms with van der Waals surface area (Å²) in [7, 11) is 0. The maximum atomic E-state index is 13.2. The molecule has 3 aromatic heterocycles. The Morgan fingerprint density at radius 3 is 1.55 bits per heavy atom. The van der Waals surface area contributed by atoms with Crippen LogP contribution in [-0.4, -0.2) is 13.7 Å². The molecule has 4 heteroatoms. The maximum Gasteiger partial charge on any atom is 0.192 e. The number of hydrogen-bond donors (Lipinski definition) is 0. The van der Waals surface area contributed by atoms with Crippen LogP contribution in [0.4, 0.5) is 0 Å². The SMILES string of the molecule is Cc1cn(-c2ccccc2)c2cc(-n3c4ccccc4c4cc(-n5c6ccccc6c6ccccc65)ccc43)ccc2c1=O. The molecular formula is C40H27N3O. The fourth-order valence-electron chi connectivity index (χ4n) is 6.97. The summed E-state index contributed by atoms with van der Waals surface area (Å²) in [5.74, 6) is 0. The third-order valence-electron chi connectivity index (χ3n) is 8.95. The van der Waals surface area contributed by atoms with E-state index in [1.807, 2.05) is 37.4 Å². The molecular weight excluding hydrogens is 538 g/mol. The third kappa shape index (κ3) is 3.48. The Labute approximate surface area is 253 Å². The van der Waals surface area contributed by atoms with Crippen molar-refractivity contribution in [3.05, 3.63) is 162 Å². The highest BCUT2D eigenvalue weighted by atomic mass is 16.1. The van der Waals surface area contributed by atoms with Crippen LogP contribution in [0.25, 0.3) is 71.6 Å². The highest BCUT2D eigenvalue weighted by molar-refractivity contribution is 6.12. The van der Waals surface area contributed by atoms with Crippen molar-refractivity contribution in [1.29, 1.82) is 0 Å². The van der Waals surface area contributed by atoms with Gasteiger partial charge in [-0.2, -0.15) is 0 Å². The third-order valence-corrected chi connectivity index (χ3v) is 8.95. The lowest BCUT2D eigenvalue weighted by Crippen LogP contribution is -2.11. The van der Waals surface area contributed by atoms with Crippen molar-refractivity contribution in [2.45, 2.75) is 6.92 Å². The van der Waals surface area contributed by atoms with Crippen LogP contribution in [0, 0.1) is 6.92 Å². The normalized spacial score (nSPS) is 11.8. The van der Waals surface area contributed by atoms with Gasteiger partial charge >= 0.3 is 0 Å². The molecule has 0 saturated carbocycles. The monoisotopic (exact) mass is 565 g/mol. The summed E-state index contributed by atoms with van der Waals surface area (Å²) in [4.78, 5) is 13.2. The molecule has 0 aliphatic carbocycles. The topological polar surface area (TPSA) is 31.9 Å². The number of nitrogens with zero attached hydrogens (tertiary/aromatic N) is 3. The minimum Gasteiger partial charge on any atom is -0.316 e. The number of aromatic nitrogens is 3. The zero-order valence-corrected chi connectivity index (χ0v) is 24.1. The second-order valence-electron chi connectivity index (χ2n) is 11.5. The van der Waals surface area contributed by atoms with Crippen molar-refractivity contribution in [3.8, 4) is 17.1 Å². The van der Waals surface area contributed by atoms with Crippen molar-refractivity contribution >= 4 is 54.5 Å². The summed E-state index contributed by atoms with van der Waals surface area (Å²) in [6.07, 6.45) is 1.95. The molecule has 44 heavy (non-hydrogen) atoms. The van der Waals surface area contributed by atoms with E-state index in [9.17, 15) is 4.79 Å². The molecule has 208 valence electrons. The minimum absolute atomic E-state index is 0.0665. The Balaban J connectivity index is 1.32. The van der Waals surface area contributed by atoms with E-state index < -0.39 is 0 Å². The summed E-state index contributed by atoms with van der Waals surface area (Å²) in [6.45, 7) is 1.89. The molecule has 0 fully saturated rings. The zero-order valence-electron chi connectivity index (χ0n) is 24.1. The number of fused-ring (bicyclic) bond motifs is 7. The minimum atomic E-state index is 0.0665. The van der Waals surface area contributed by atoms with Gasteiger partial charge in [0.2, 0.25) is 0 Å². The van der Waals surface area contributed by atoms with Gasteiger partial charge in [0.05, 0.1) is 27.6 Å². The van der Waals surface area contributed by atoms with E-state index in [0.717, 1.165) is 39.2 Å². The van der Waals surface area contributed by atoms with Gasteiger partial charge in [-0.25, -0.2) is 0 Å². The lowest BCUT2D eigenvalue weighted by atomic mass is 10.1. The van der Waals surface area contributed by atoms with Crippen LogP contribution in [0.3, 0.4) is 0 Å². The fraction of sp³-hybridized carbons (Fsp3) is 0.0250. The average Bonchev–Trinajstić information content (AvgIpc) is 3.59. The predicted molar refractivity (Wildman–Crippen MR) is 183 cm³/mol. The van der Waals surface area contributed by atoms with E-state index in [4.69, 9.17) is 0 Å². The second kappa shape index (κ2) is 9.32. The van der Waals surface area contributed by atoms with E-state index in [1.165, 1.54) is 32.6 Å². The average molecular weight is 566 g/mol. The first-order chi connectivity index (χ1) is 21.7. The van der Waals surface area contributed by atoms with Gasteiger partial charge in [0.1, 0.15) is 0 Å². The van der Waals surface area contributed by atoms with Crippen LogP contribution in [0.5, 0.6) is 0 Å². The van der Waals surface area contributed by atoms with Gasteiger partial charge in [-0.1, -0.05) is 72.8 Å². The van der Waals surface area contributed by atoms with E-state index in [0.29, 0.717) is 5.39 Å². The number of hydrogen-bond acceptors (Lipinski definition) is 1. The van der Waals surface area contributed by atoms with Crippen LogP contribution < -0.4 is 5.43 Å². The van der Waals surface area contributed by atoms with E-state index in [1.54, 1.807) is 0 Å². The predicted octanol–water partition coefficient (Wildman–Crippen LogP) is 9.49. The summed E-state index contributed by atoms with van der Waals surface area (Å²) < 4.78 is 6.82. The molecule has 0 spiro atoms. The summed E-state index contributed by atoms with van der Waals surface area (Å²) in [5, 5.41) is 5.59. The molecule has 0 amide bonds. The number of pyridine rings is 1. The van der Waals surface area contributed by atoms with Gasteiger partial charge in [-0.3, -0.25) is 4.79 Å². The molecule has 6 aromatic carbocycles. The quantitative estimate of drug-likeness (QED) is 0.210. The van der Waals surface area contributed by atoms with Gasteiger partial charge in [-0.15, -0.1) is 0 Å². The molecule has 9 aromatic rings. The second-order valence-corrected chi connectivity index (χ2v) is 11.5. The van der Waals surface area contributed by atoms with Crippen molar-refractivity contribution < 1.29 is 0 Å². The number of aryl methyl sites for hydroxylation is 1. The van der Waals surface area contributed by atoms with Crippen LogP contribution in [-0.2, 0) is 0 Å². The summed E-state index contributed by atoms with van der Waals surface area (Å²) in [5.41, 5.74) is 9.48. The van der Waals surface area contributed by atoms with E-state index in [2.05, 4.69) is 129 Å². The lowest BCUT2D eigenvalue weighted by molar-refractivity contribution is 1.07. The number of rotatable bonds is 3. The molecule has 9 rings (SSSR count). The molecule has 0 saturated heterocycles. The van der Waals surface area contributed by atoms with Crippen molar-refractivity contribution in [1.82, 2.24) is 13.7 Å². The Bertz CT molecular complexity index is 2580. The van der Waals surface area contributed by atoms with Crippen LogP contribution >= 0.6 is 0 Å². The van der Waals surface area contributed by atoms with Crippen molar-refractivity contribution in [3.63, 3.8) is 0 Å². The molecule has 0 aliphatic heterocycles. The first kappa shape index (κ1) is 24.7. The molecule has 0 atom stereocenters.